The maximum absolute atomic E-state index is 12.1. The first kappa shape index (κ1) is 13.2. The van der Waals surface area contributed by atoms with E-state index in [1.54, 1.807) is 4.90 Å². The topological polar surface area (TPSA) is 79.0 Å². The molecule has 4 amide bonds. The highest BCUT2D eigenvalue weighted by molar-refractivity contribution is 5.98. The normalized spacial score (nSPS) is 27.3. The molecule has 7 heteroatoms. The molecule has 3 rings (SSSR count). The zero-order chi connectivity index (χ0) is 14.1. The van der Waals surface area contributed by atoms with Gasteiger partial charge in [-0.05, 0) is 19.3 Å². The maximum atomic E-state index is 12.1. The third kappa shape index (κ3) is 2.44. The van der Waals surface area contributed by atoms with Crippen molar-refractivity contribution in [1.29, 1.82) is 0 Å². The molecule has 0 spiro atoms. The summed E-state index contributed by atoms with van der Waals surface area (Å²) in [5, 5.41) is 3.02. The highest BCUT2D eigenvalue weighted by Gasteiger charge is 2.41. The third-order valence-corrected chi connectivity index (χ3v) is 4.28. The first-order valence-corrected chi connectivity index (χ1v) is 7.19. The van der Waals surface area contributed by atoms with Gasteiger partial charge < -0.3 is 15.0 Å². The molecule has 110 valence electrons. The van der Waals surface area contributed by atoms with Crippen molar-refractivity contribution in [3.8, 4) is 0 Å². The summed E-state index contributed by atoms with van der Waals surface area (Å²) < 4.78 is 4.71. The zero-order valence-electron chi connectivity index (χ0n) is 11.3. The fourth-order valence-electron chi connectivity index (χ4n) is 3.19. The van der Waals surface area contributed by atoms with E-state index in [4.69, 9.17) is 4.74 Å². The first-order chi connectivity index (χ1) is 9.65. The van der Waals surface area contributed by atoms with Crippen molar-refractivity contribution in [2.45, 2.75) is 44.2 Å². The van der Waals surface area contributed by atoms with Gasteiger partial charge in [0.05, 0.1) is 6.04 Å². The number of cyclic esters (lactones) is 1. The van der Waals surface area contributed by atoms with Gasteiger partial charge in [-0.15, -0.1) is 0 Å². The molecule has 1 N–H and O–H groups in total. The van der Waals surface area contributed by atoms with Gasteiger partial charge in [-0.1, -0.05) is 12.8 Å². The second kappa shape index (κ2) is 5.30. The molecule has 3 fully saturated rings. The Morgan fingerprint density at radius 2 is 1.95 bits per heavy atom. The largest absolute Gasteiger partial charge is 0.439 e. The molecular weight excluding hydrogens is 262 g/mol. The fourth-order valence-corrected chi connectivity index (χ4v) is 3.19. The van der Waals surface area contributed by atoms with E-state index in [0.717, 1.165) is 17.7 Å². The van der Waals surface area contributed by atoms with E-state index in [1.165, 1.54) is 12.8 Å². The predicted molar refractivity (Wildman–Crippen MR) is 69.0 cm³/mol. The Hall–Kier alpha value is -1.79. The van der Waals surface area contributed by atoms with E-state index < -0.39 is 6.09 Å². The van der Waals surface area contributed by atoms with Gasteiger partial charge in [0.2, 0.25) is 0 Å². The van der Waals surface area contributed by atoms with Crippen molar-refractivity contribution in [1.82, 2.24) is 15.1 Å². The van der Waals surface area contributed by atoms with Crippen LogP contribution in [0.5, 0.6) is 0 Å². The number of imide groups is 1. The zero-order valence-corrected chi connectivity index (χ0v) is 11.3. The Kier molecular flexibility index (Phi) is 3.50. The maximum Gasteiger partial charge on any atom is 0.417 e. The summed E-state index contributed by atoms with van der Waals surface area (Å²) in [5.74, 6) is -0.307. The molecule has 1 unspecified atom stereocenters. The number of nitrogens with zero attached hydrogens (tertiary/aromatic N) is 2. The van der Waals surface area contributed by atoms with E-state index in [9.17, 15) is 14.4 Å². The van der Waals surface area contributed by atoms with Gasteiger partial charge >= 0.3 is 12.1 Å². The molecule has 2 heterocycles. The first-order valence-electron chi connectivity index (χ1n) is 7.19. The predicted octanol–water partition coefficient (Wildman–Crippen LogP) is 0.692. The Morgan fingerprint density at radius 3 is 2.60 bits per heavy atom. The molecular formula is C13H19N3O4. The fraction of sp³-hybridized carbons (Fsp3) is 0.769. The van der Waals surface area contributed by atoms with Gasteiger partial charge in [0.1, 0.15) is 0 Å². The summed E-state index contributed by atoms with van der Waals surface area (Å²) in [4.78, 5) is 38.0. The molecule has 0 bridgehead atoms. The standard InChI is InChI=1S/C13H19N3O4/c17-11-8-20-13(19)16(11)10-5-6-15(7-10)12(18)14-9-3-1-2-4-9/h9-10H,1-8H2,(H,14,18). The van der Waals surface area contributed by atoms with Gasteiger partial charge in [-0.25, -0.2) is 14.5 Å². The van der Waals surface area contributed by atoms with Crippen LogP contribution in [0, 0.1) is 0 Å². The molecule has 1 aliphatic carbocycles. The van der Waals surface area contributed by atoms with Crippen LogP contribution in [0.2, 0.25) is 0 Å². The summed E-state index contributed by atoms with van der Waals surface area (Å²) in [6, 6.07) is -0.0498. The van der Waals surface area contributed by atoms with Crippen molar-refractivity contribution in [3.63, 3.8) is 0 Å². The average molecular weight is 281 g/mol. The molecule has 3 aliphatic rings. The lowest BCUT2D eigenvalue weighted by atomic mass is 10.2. The van der Waals surface area contributed by atoms with Crippen LogP contribution in [0.15, 0.2) is 0 Å². The lowest BCUT2D eigenvalue weighted by molar-refractivity contribution is -0.127. The van der Waals surface area contributed by atoms with Crippen LogP contribution in [0.3, 0.4) is 0 Å². The number of hydrogen-bond acceptors (Lipinski definition) is 4. The molecule has 0 aromatic carbocycles. The summed E-state index contributed by atoms with van der Waals surface area (Å²) in [6.07, 6.45) is 4.46. The van der Waals surface area contributed by atoms with Crippen molar-refractivity contribution in [3.05, 3.63) is 0 Å². The lowest BCUT2D eigenvalue weighted by Crippen LogP contribution is -2.46. The van der Waals surface area contributed by atoms with Crippen LogP contribution >= 0.6 is 0 Å². The second-order valence-corrected chi connectivity index (χ2v) is 5.64. The average Bonchev–Trinajstić information content (AvgIpc) is 3.11. The number of hydrogen-bond donors (Lipinski definition) is 1. The van der Waals surface area contributed by atoms with E-state index >= 15 is 0 Å². The van der Waals surface area contributed by atoms with Crippen LogP contribution < -0.4 is 5.32 Å². The molecule has 0 aromatic rings. The van der Waals surface area contributed by atoms with Gasteiger partial charge in [-0.2, -0.15) is 0 Å². The molecule has 1 atom stereocenters. The van der Waals surface area contributed by atoms with Crippen LogP contribution in [0.1, 0.15) is 32.1 Å². The van der Waals surface area contributed by atoms with Crippen LogP contribution in [-0.2, 0) is 9.53 Å². The number of nitrogens with one attached hydrogen (secondary N) is 1. The highest BCUT2D eigenvalue weighted by Crippen LogP contribution is 2.21. The summed E-state index contributed by atoms with van der Waals surface area (Å²) >= 11 is 0. The SMILES string of the molecule is O=C(NC1CCCC1)N1CCC(N2C(=O)COC2=O)C1. The van der Waals surface area contributed by atoms with E-state index in [-0.39, 0.29) is 30.6 Å². The summed E-state index contributed by atoms with van der Waals surface area (Å²) in [7, 11) is 0. The van der Waals surface area contributed by atoms with Crippen molar-refractivity contribution >= 4 is 18.0 Å². The molecule has 0 aromatic heterocycles. The van der Waals surface area contributed by atoms with Crippen molar-refractivity contribution in [2.75, 3.05) is 19.7 Å². The van der Waals surface area contributed by atoms with Gasteiger partial charge in [0.15, 0.2) is 6.61 Å². The summed E-state index contributed by atoms with van der Waals surface area (Å²) in [5.41, 5.74) is 0. The van der Waals surface area contributed by atoms with Gasteiger partial charge in [0, 0.05) is 19.1 Å². The number of carbonyl (C=O) groups excluding carboxylic acids is 3. The van der Waals surface area contributed by atoms with Crippen molar-refractivity contribution < 1.29 is 19.1 Å². The van der Waals surface area contributed by atoms with Crippen LogP contribution in [0.25, 0.3) is 0 Å². The number of likely N-dealkylation sites (tertiary alicyclic amines) is 1. The molecule has 1 saturated carbocycles. The Bertz CT molecular complexity index is 417. The van der Waals surface area contributed by atoms with Gasteiger partial charge in [-0.3, -0.25) is 4.79 Å². The minimum Gasteiger partial charge on any atom is -0.439 e. The van der Waals surface area contributed by atoms with Crippen LogP contribution in [-0.4, -0.2) is 59.6 Å². The Morgan fingerprint density at radius 1 is 1.20 bits per heavy atom. The smallest absolute Gasteiger partial charge is 0.417 e. The monoisotopic (exact) mass is 281 g/mol. The molecule has 2 aliphatic heterocycles. The van der Waals surface area contributed by atoms with Gasteiger partial charge in [0.25, 0.3) is 5.91 Å². The highest BCUT2D eigenvalue weighted by atomic mass is 16.6. The minimum atomic E-state index is -0.585. The molecule has 7 nitrogen and oxygen atoms in total. The number of rotatable bonds is 2. The van der Waals surface area contributed by atoms with Crippen LogP contribution in [0.4, 0.5) is 9.59 Å². The van der Waals surface area contributed by atoms with E-state index in [1.807, 2.05) is 0 Å². The number of ether oxygens (including phenoxy) is 1. The van der Waals surface area contributed by atoms with E-state index in [0.29, 0.717) is 19.5 Å². The number of urea groups is 1. The van der Waals surface area contributed by atoms with E-state index in [2.05, 4.69) is 5.32 Å². The van der Waals surface area contributed by atoms with Crippen molar-refractivity contribution in [2.24, 2.45) is 0 Å². The third-order valence-electron chi connectivity index (χ3n) is 4.28. The Labute approximate surface area is 117 Å². The second-order valence-electron chi connectivity index (χ2n) is 5.64. The quantitative estimate of drug-likeness (QED) is 0.807. The Balaban J connectivity index is 1.54. The molecule has 20 heavy (non-hydrogen) atoms. The molecule has 0 radical (unpaired) electrons. The lowest BCUT2D eigenvalue weighted by Gasteiger charge is -2.22. The summed E-state index contributed by atoms with van der Waals surface area (Å²) in [6.45, 7) is 0.795. The molecule has 2 saturated heterocycles. The number of carbonyl (C=O) groups is 3. The minimum absolute atomic E-state index is 0.0839. The number of amides is 4.